The zero-order chi connectivity index (χ0) is 18.3. The summed E-state index contributed by atoms with van der Waals surface area (Å²) in [6.07, 6.45) is -5.61. The minimum atomic E-state index is -4.43. The van der Waals surface area contributed by atoms with Crippen molar-refractivity contribution in [3.63, 3.8) is 0 Å². The van der Waals surface area contributed by atoms with Gasteiger partial charge in [-0.3, -0.25) is 9.59 Å². The van der Waals surface area contributed by atoms with Gasteiger partial charge in [0.05, 0.1) is 12.2 Å². The normalized spacial score (nSPS) is 12.6. The number of carbonyl (C=O) groups excluding carboxylic acids is 2. The van der Waals surface area contributed by atoms with Crippen LogP contribution in [-0.4, -0.2) is 22.8 Å². The average Bonchev–Trinajstić information content (AvgIpc) is 2.59. The predicted octanol–water partition coefficient (Wildman–Crippen LogP) is 4.94. The first-order valence-electron chi connectivity index (χ1n) is 7.71. The molecule has 132 valence electrons. The van der Waals surface area contributed by atoms with E-state index >= 15 is 0 Å². The molecule has 0 saturated carbocycles. The minimum absolute atomic E-state index is 0.00567. The summed E-state index contributed by atoms with van der Waals surface area (Å²) in [7, 11) is 0. The van der Waals surface area contributed by atoms with Crippen LogP contribution >= 0.6 is 11.8 Å². The Morgan fingerprint density at radius 1 is 0.920 bits per heavy atom. The molecule has 2 aromatic carbocycles. The molecule has 2 rings (SSSR count). The van der Waals surface area contributed by atoms with Crippen molar-refractivity contribution >= 4 is 22.7 Å². The summed E-state index contributed by atoms with van der Waals surface area (Å²) >= 11 is 0.659. The van der Waals surface area contributed by atoms with E-state index in [-0.39, 0.29) is 18.0 Å². The van der Waals surface area contributed by atoms with E-state index in [1.54, 1.807) is 60.7 Å². The number of Topliss-reactive ketones (excluding diaryl/α,β-unsaturated/α-hetero) is 1. The molecule has 0 fully saturated rings. The molecule has 0 bridgehead atoms. The zero-order valence-electron chi connectivity index (χ0n) is 13.3. The van der Waals surface area contributed by atoms with E-state index in [0.29, 0.717) is 22.9 Å². The molecule has 0 aliphatic heterocycles. The van der Waals surface area contributed by atoms with Gasteiger partial charge < -0.3 is 0 Å². The average molecular weight is 366 g/mol. The van der Waals surface area contributed by atoms with Crippen molar-refractivity contribution < 1.29 is 22.8 Å². The molecular formula is C19H17F3O2S. The molecule has 0 N–H and O–H groups in total. The van der Waals surface area contributed by atoms with Gasteiger partial charge in [0.15, 0.2) is 10.9 Å². The maximum atomic E-state index is 12.8. The molecule has 1 atom stereocenters. The lowest BCUT2D eigenvalue weighted by atomic mass is 9.97. The number of ketones is 1. The maximum Gasteiger partial charge on any atom is 0.389 e. The predicted molar refractivity (Wildman–Crippen MR) is 92.5 cm³/mol. The molecule has 6 heteroatoms. The van der Waals surface area contributed by atoms with Crippen molar-refractivity contribution in [1.29, 1.82) is 0 Å². The summed E-state index contributed by atoms with van der Waals surface area (Å²) in [4.78, 5) is 24.3. The van der Waals surface area contributed by atoms with Crippen LogP contribution in [0.15, 0.2) is 60.7 Å². The summed E-state index contributed by atoms with van der Waals surface area (Å²) in [5.74, 6) is -1.63. The number of carbonyl (C=O) groups is 2. The van der Waals surface area contributed by atoms with E-state index in [9.17, 15) is 22.8 Å². The van der Waals surface area contributed by atoms with Gasteiger partial charge in [0, 0.05) is 11.5 Å². The van der Waals surface area contributed by atoms with Crippen LogP contribution in [0.3, 0.4) is 0 Å². The highest BCUT2D eigenvalue weighted by molar-refractivity contribution is 8.14. The SMILES string of the molecule is O=C(CSC(=O)[C@H](Cc1ccccc1)CC(F)(F)F)c1ccccc1. The van der Waals surface area contributed by atoms with E-state index in [1.807, 2.05) is 0 Å². The molecule has 0 saturated heterocycles. The molecule has 0 aliphatic rings. The van der Waals surface area contributed by atoms with Crippen LogP contribution in [0.2, 0.25) is 0 Å². The second kappa shape index (κ2) is 8.85. The van der Waals surface area contributed by atoms with Crippen molar-refractivity contribution in [3.05, 3.63) is 71.8 Å². The highest BCUT2D eigenvalue weighted by Crippen LogP contribution is 2.30. The largest absolute Gasteiger partial charge is 0.389 e. The second-order valence-electron chi connectivity index (χ2n) is 5.60. The van der Waals surface area contributed by atoms with Crippen LogP contribution in [-0.2, 0) is 11.2 Å². The van der Waals surface area contributed by atoms with Gasteiger partial charge in [-0.05, 0) is 12.0 Å². The highest BCUT2D eigenvalue weighted by Gasteiger charge is 2.35. The Bertz CT molecular complexity index is 700. The van der Waals surface area contributed by atoms with Crippen LogP contribution in [0.25, 0.3) is 0 Å². The number of rotatable bonds is 7. The number of hydrogen-bond donors (Lipinski definition) is 0. The van der Waals surface area contributed by atoms with Crippen molar-refractivity contribution in [3.8, 4) is 0 Å². The summed E-state index contributed by atoms with van der Waals surface area (Å²) < 4.78 is 38.4. The standard InChI is InChI=1S/C19H17F3O2S/c20-19(21,22)12-16(11-14-7-3-1-4-8-14)18(24)25-13-17(23)15-9-5-2-6-10-15/h1-10,16H,11-13H2/t16-/m1/s1. The van der Waals surface area contributed by atoms with Gasteiger partial charge in [-0.25, -0.2) is 0 Å². The minimum Gasteiger partial charge on any atom is -0.293 e. The number of hydrogen-bond acceptors (Lipinski definition) is 3. The first-order valence-corrected chi connectivity index (χ1v) is 8.69. The van der Waals surface area contributed by atoms with Gasteiger partial charge in [-0.2, -0.15) is 13.2 Å². The first-order chi connectivity index (χ1) is 11.8. The Balaban J connectivity index is 2.00. The fraction of sp³-hybridized carbons (Fsp3) is 0.263. The molecular weight excluding hydrogens is 349 g/mol. The van der Waals surface area contributed by atoms with Gasteiger partial charge in [-0.1, -0.05) is 72.4 Å². The Hall–Kier alpha value is -2.08. The topological polar surface area (TPSA) is 34.1 Å². The number of thioether (sulfide) groups is 1. The van der Waals surface area contributed by atoms with Crippen LogP contribution < -0.4 is 0 Å². The third-order valence-electron chi connectivity index (χ3n) is 3.58. The van der Waals surface area contributed by atoms with Crippen molar-refractivity contribution in [2.75, 3.05) is 5.75 Å². The van der Waals surface area contributed by atoms with Gasteiger partial charge in [0.1, 0.15) is 0 Å². The lowest BCUT2D eigenvalue weighted by Gasteiger charge is -2.17. The summed E-state index contributed by atoms with van der Waals surface area (Å²) in [6, 6.07) is 17.0. The molecule has 2 nitrogen and oxygen atoms in total. The Morgan fingerprint density at radius 2 is 1.48 bits per heavy atom. The van der Waals surface area contributed by atoms with E-state index in [2.05, 4.69) is 0 Å². The van der Waals surface area contributed by atoms with Crippen molar-refractivity contribution in [2.45, 2.75) is 19.0 Å². The molecule has 0 unspecified atom stereocenters. The van der Waals surface area contributed by atoms with E-state index in [1.165, 1.54) is 0 Å². The zero-order valence-corrected chi connectivity index (χ0v) is 14.1. The molecule has 0 heterocycles. The van der Waals surface area contributed by atoms with Gasteiger partial charge in [-0.15, -0.1) is 0 Å². The molecule has 25 heavy (non-hydrogen) atoms. The molecule has 0 aliphatic carbocycles. The number of alkyl halides is 3. The fourth-order valence-corrected chi connectivity index (χ4v) is 3.22. The molecule has 0 radical (unpaired) electrons. The van der Waals surface area contributed by atoms with Crippen molar-refractivity contribution in [2.24, 2.45) is 5.92 Å². The van der Waals surface area contributed by atoms with Crippen LogP contribution in [0.5, 0.6) is 0 Å². The third-order valence-corrected chi connectivity index (χ3v) is 4.60. The van der Waals surface area contributed by atoms with Crippen LogP contribution in [0.1, 0.15) is 22.3 Å². The quantitative estimate of drug-likeness (QED) is 0.651. The highest BCUT2D eigenvalue weighted by atomic mass is 32.2. The lowest BCUT2D eigenvalue weighted by Crippen LogP contribution is -2.23. The second-order valence-corrected chi connectivity index (χ2v) is 6.58. The molecule has 0 spiro atoms. The van der Waals surface area contributed by atoms with Gasteiger partial charge in [0.25, 0.3) is 0 Å². The maximum absolute atomic E-state index is 12.8. The fourth-order valence-electron chi connectivity index (χ4n) is 2.38. The smallest absolute Gasteiger partial charge is 0.293 e. The molecule has 0 amide bonds. The monoisotopic (exact) mass is 366 g/mol. The van der Waals surface area contributed by atoms with Crippen molar-refractivity contribution in [1.82, 2.24) is 0 Å². The summed E-state index contributed by atoms with van der Waals surface area (Å²) in [6.45, 7) is 0. The Kier molecular flexibility index (Phi) is 6.82. The number of halogens is 3. The van der Waals surface area contributed by atoms with Crippen LogP contribution in [0.4, 0.5) is 13.2 Å². The molecule has 0 aromatic heterocycles. The van der Waals surface area contributed by atoms with Crippen LogP contribution in [0, 0.1) is 5.92 Å². The van der Waals surface area contributed by atoms with E-state index < -0.39 is 23.6 Å². The third kappa shape index (κ3) is 6.74. The molecule has 2 aromatic rings. The summed E-state index contributed by atoms with van der Waals surface area (Å²) in [5, 5.41) is -0.606. The Morgan fingerprint density at radius 3 is 2.04 bits per heavy atom. The summed E-state index contributed by atoms with van der Waals surface area (Å²) in [5.41, 5.74) is 1.11. The van der Waals surface area contributed by atoms with Gasteiger partial charge in [0.2, 0.25) is 0 Å². The number of benzene rings is 2. The first kappa shape index (κ1) is 19.2. The Labute approximate surface area is 148 Å². The van der Waals surface area contributed by atoms with E-state index in [4.69, 9.17) is 0 Å². The van der Waals surface area contributed by atoms with E-state index in [0.717, 1.165) is 0 Å². The lowest BCUT2D eigenvalue weighted by molar-refractivity contribution is -0.149. The van der Waals surface area contributed by atoms with Gasteiger partial charge >= 0.3 is 6.18 Å².